The van der Waals surface area contributed by atoms with Crippen molar-refractivity contribution in [2.45, 2.75) is 44.6 Å². The van der Waals surface area contributed by atoms with Crippen LogP contribution >= 0.6 is 0 Å². The molecule has 0 radical (unpaired) electrons. The van der Waals surface area contributed by atoms with Gasteiger partial charge in [-0.25, -0.2) is 9.97 Å². The van der Waals surface area contributed by atoms with E-state index in [-0.39, 0.29) is 10.6 Å². The zero-order valence-electron chi connectivity index (χ0n) is 12.3. The quantitative estimate of drug-likeness (QED) is 0.680. The Hall–Kier alpha value is -1.92. The summed E-state index contributed by atoms with van der Waals surface area (Å²) < 4.78 is 0. The van der Waals surface area contributed by atoms with Crippen molar-refractivity contribution in [1.82, 2.24) is 9.97 Å². The third kappa shape index (κ3) is 2.52. The van der Waals surface area contributed by atoms with Gasteiger partial charge in [-0.1, -0.05) is 12.8 Å². The van der Waals surface area contributed by atoms with Crippen molar-refractivity contribution in [3.8, 4) is 0 Å². The standard InChI is InChI=1S/C14H21N5O2/c1-15-13-12(19(20)21)14(17-9-16-13)18-8-4-6-10-5-2-3-7-11(10)18/h9-11H,2-8H2,1H3,(H,15,16,17). The minimum absolute atomic E-state index is 0.00576. The van der Waals surface area contributed by atoms with Gasteiger partial charge in [0.05, 0.1) is 4.92 Å². The molecule has 2 unspecified atom stereocenters. The van der Waals surface area contributed by atoms with E-state index in [1.54, 1.807) is 7.05 Å². The lowest BCUT2D eigenvalue weighted by molar-refractivity contribution is -0.383. The topological polar surface area (TPSA) is 84.2 Å². The smallest absolute Gasteiger partial charge is 0.353 e. The maximum atomic E-state index is 11.5. The van der Waals surface area contributed by atoms with Gasteiger partial charge in [0.1, 0.15) is 6.33 Å². The second-order valence-corrected chi connectivity index (χ2v) is 5.85. The number of rotatable bonds is 3. The highest BCUT2D eigenvalue weighted by Crippen LogP contribution is 2.41. The highest BCUT2D eigenvalue weighted by molar-refractivity contribution is 5.70. The molecule has 7 heteroatoms. The Morgan fingerprint density at radius 1 is 1.29 bits per heavy atom. The third-order valence-corrected chi connectivity index (χ3v) is 4.74. The Kier molecular flexibility index (Phi) is 3.90. The van der Waals surface area contributed by atoms with E-state index in [1.165, 1.54) is 32.0 Å². The van der Waals surface area contributed by atoms with E-state index in [1.807, 2.05) is 0 Å². The van der Waals surface area contributed by atoms with Gasteiger partial charge in [0.15, 0.2) is 0 Å². The molecular weight excluding hydrogens is 270 g/mol. The van der Waals surface area contributed by atoms with Crippen molar-refractivity contribution in [2.75, 3.05) is 23.8 Å². The molecule has 1 N–H and O–H groups in total. The molecular formula is C14H21N5O2. The molecule has 1 saturated heterocycles. The van der Waals surface area contributed by atoms with Crippen LogP contribution in [0.4, 0.5) is 17.3 Å². The minimum Gasteiger partial charge on any atom is -0.367 e. The predicted octanol–water partition coefficient (Wildman–Crippen LogP) is 2.59. The number of nitrogens with zero attached hydrogens (tertiary/aromatic N) is 4. The Morgan fingerprint density at radius 2 is 2.05 bits per heavy atom. The normalized spacial score (nSPS) is 25.3. The van der Waals surface area contributed by atoms with Crippen molar-refractivity contribution in [3.63, 3.8) is 0 Å². The van der Waals surface area contributed by atoms with Gasteiger partial charge in [0, 0.05) is 19.6 Å². The predicted molar refractivity (Wildman–Crippen MR) is 80.6 cm³/mol. The van der Waals surface area contributed by atoms with Crippen LogP contribution < -0.4 is 10.2 Å². The van der Waals surface area contributed by atoms with E-state index in [2.05, 4.69) is 20.2 Å². The molecule has 1 aromatic heterocycles. The van der Waals surface area contributed by atoms with Gasteiger partial charge < -0.3 is 10.2 Å². The molecule has 2 aliphatic rings. The van der Waals surface area contributed by atoms with Crippen LogP contribution in [-0.4, -0.2) is 34.5 Å². The lowest BCUT2D eigenvalue weighted by Gasteiger charge is -2.44. The molecule has 0 amide bonds. The first-order valence-electron chi connectivity index (χ1n) is 7.66. The summed E-state index contributed by atoms with van der Waals surface area (Å²) in [6.07, 6.45) is 8.56. The van der Waals surface area contributed by atoms with Crippen LogP contribution in [0.5, 0.6) is 0 Å². The molecule has 1 saturated carbocycles. The number of nitrogens with one attached hydrogen (secondary N) is 1. The fourth-order valence-electron chi connectivity index (χ4n) is 3.82. The van der Waals surface area contributed by atoms with Crippen LogP contribution in [0.15, 0.2) is 6.33 Å². The zero-order valence-corrected chi connectivity index (χ0v) is 12.3. The number of nitro groups is 1. The van der Waals surface area contributed by atoms with Crippen molar-refractivity contribution >= 4 is 17.3 Å². The Balaban J connectivity index is 2.00. The summed E-state index contributed by atoms with van der Waals surface area (Å²) in [6.45, 7) is 0.849. The lowest BCUT2D eigenvalue weighted by atomic mass is 9.78. The molecule has 2 heterocycles. The molecule has 2 atom stereocenters. The van der Waals surface area contributed by atoms with E-state index in [4.69, 9.17) is 0 Å². The van der Waals surface area contributed by atoms with Crippen molar-refractivity contribution in [2.24, 2.45) is 5.92 Å². The van der Waals surface area contributed by atoms with Crippen LogP contribution in [0, 0.1) is 16.0 Å². The zero-order chi connectivity index (χ0) is 14.8. The van der Waals surface area contributed by atoms with Crippen molar-refractivity contribution < 1.29 is 4.92 Å². The summed E-state index contributed by atoms with van der Waals surface area (Å²) in [6, 6.07) is 0.394. The van der Waals surface area contributed by atoms with Crippen LogP contribution in [0.3, 0.4) is 0 Å². The first-order valence-corrected chi connectivity index (χ1v) is 7.66. The second-order valence-electron chi connectivity index (χ2n) is 5.85. The van der Waals surface area contributed by atoms with E-state index in [9.17, 15) is 10.1 Å². The van der Waals surface area contributed by atoms with Crippen molar-refractivity contribution in [3.05, 3.63) is 16.4 Å². The number of hydrogen-bond acceptors (Lipinski definition) is 6. The number of piperidine rings is 1. The molecule has 7 nitrogen and oxygen atoms in total. The summed E-state index contributed by atoms with van der Waals surface area (Å²) in [5.41, 5.74) is 0.00576. The average Bonchev–Trinajstić information content (AvgIpc) is 2.53. The van der Waals surface area contributed by atoms with Gasteiger partial charge in [0.2, 0.25) is 11.6 Å². The summed E-state index contributed by atoms with van der Waals surface area (Å²) in [4.78, 5) is 21.5. The third-order valence-electron chi connectivity index (χ3n) is 4.74. The second kappa shape index (κ2) is 5.83. The van der Waals surface area contributed by atoms with Gasteiger partial charge in [-0.2, -0.15) is 0 Å². The molecule has 21 heavy (non-hydrogen) atoms. The molecule has 1 aromatic rings. The van der Waals surface area contributed by atoms with E-state index < -0.39 is 0 Å². The first-order chi connectivity index (χ1) is 10.2. The molecule has 1 aliphatic heterocycles. The van der Waals surface area contributed by atoms with Crippen molar-refractivity contribution in [1.29, 1.82) is 0 Å². The van der Waals surface area contributed by atoms with Crippen LogP contribution in [-0.2, 0) is 0 Å². The summed E-state index contributed by atoms with van der Waals surface area (Å²) in [5.74, 6) is 1.43. The molecule has 0 bridgehead atoms. The number of fused-ring (bicyclic) bond motifs is 1. The molecule has 1 aliphatic carbocycles. The molecule has 2 fully saturated rings. The van der Waals surface area contributed by atoms with Crippen LogP contribution in [0.1, 0.15) is 38.5 Å². The Labute approximate surface area is 123 Å². The maximum absolute atomic E-state index is 11.5. The Bertz CT molecular complexity index is 534. The van der Waals surface area contributed by atoms with E-state index in [0.29, 0.717) is 23.6 Å². The maximum Gasteiger partial charge on any atom is 0.353 e. The number of aromatic nitrogens is 2. The van der Waals surface area contributed by atoms with Gasteiger partial charge in [-0.3, -0.25) is 10.1 Å². The summed E-state index contributed by atoms with van der Waals surface area (Å²) >= 11 is 0. The van der Waals surface area contributed by atoms with E-state index in [0.717, 1.165) is 19.4 Å². The fraction of sp³-hybridized carbons (Fsp3) is 0.714. The molecule has 3 rings (SSSR count). The van der Waals surface area contributed by atoms with Gasteiger partial charge in [0.25, 0.3) is 0 Å². The molecule has 114 valence electrons. The summed E-state index contributed by atoms with van der Waals surface area (Å²) in [5, 5.41) is 14.3. The highest BCUT2D eigenvalue weighted by atomic mass is 16.6. The van der Waals surface area contributed by atoms with E-state index >= 15 is 0 Å². The minimum atomic E-state index is -0.367. The average molecular weight is 291 g/mol. The Morgan fingerprint density at radius 3 is 2.81 bits per heavy atom. The molecule has 0 spiro atoms. The largest absolute Gasteiger partial charge is 0.367 e. The number of anilines is 2. The monoisotopic (exact) mass is 291 g/mol. The van der Waals surface area contributed by atoms with Gasteiger partial charge in [-0.15, -0.1) is 0 Å². The first kappa shape index (κ1) is 14.0. The van der Waals surface area contributed by atoms with Gasteiger partial charge in [-0.05, 0) is 31.6 Å². The lowest BCUT2D eigenvalue weighted by Crippen LogP contribution is -2.47. The fourth-order valence-corrected chi connectivity index (χ4v) is 3.82. The highest BCUT2D eigenvalue weighted by Gasteiger charge is 2.37. The van der Waals surface area contributed by atoms with Crippen LogP contribution in [0.25, 0.3) is 0 Å². The molecule has 0 aromatic carbocycles. The number of hydrogen-bond donors (Lipinski definition) is 1. The SMILES string of the molecule is CNc1ncnc(N2CCCC3CCCCC32)c1[N+](=O)[O-]. The van der Waals surface area contributed by atoms with Crippen LogP contribution in [0.2, 0.25) is 0 Å². The summed E-state index contributed by atoms with van der Waals surface area (Å²) in [7, 11) is 1.65. The van der Waals surface area contributed by atoms with Gasteiger partial charge >= 0.3 is 5.69 Å².